The van der Waals surface area contributed by atoms with Crippen molar-refractivity contribution in [3.63, 3.8) is 0 Å². The van der Waals surface area contributed by atoms with Gasteiger partial charge in [-0.1, -0.05) is 12.8 Å². The van der Waals surface area contributed by atoms with Crippen LogP contribution in [-0.4, -0.2) is 23.1 Å². The van der Waals surface area contributed by atoms with Crippen LogP contribution in [0, 0.1) is 0 Å². The number of hydrogen-bond donors (Lipinski definition) is 2. The van der Waals surface area contributed by atoms with Crippen LogP contribution >= 0.6 is 0 Å². The molecule has 0 aromatic carbocycles. The number of nitrogens with one attached hydrogen (secondary N) is 1. The van der Waals surface area contributed by atoms with Crippen molar-refractivity contribution in [1.29, 1.82) is 0 Å². The molecule has 4 heteroatoms. The van der Waals surface area contributed by atoms with Crippen LogP contribution in [0.1, 0.15) is 37.4 Å². The van der Waals surface area contributed by atoms with Crippen molar-refractivity contribution < 1.29 is 0 Å². The number of nitrogens with zero attached hydrogens (tertiary/aromatic N) is 2. The lowest BCUT2D eigenvalue weighted by Crippen LogP contribution is -2.13. The predicted octanol–water partition coefficient (Wildman–Crippen LogP) is 1.50. The van der Waals surface area contributed by atoms with E-state index in [1.807, 2.05) is 12.4 Å². The van der Waals surface area contributed by atoms with Gasteiger partial charge in [-0.15, -0.1) is 0 Å². The Kier molecular flexibility index (Phi) is 3.50. The summed E-state index contributed by atoms with van der Waals surface area (Å²) >= 11 is 0. The van der Waals surface area contributed by atoms with Gasteiger partial charge < -0.3 is 11.1 Å². The Hall–Kier alpha value is -1.16. The molecule has 4 nitrogen and oxygen atoms in total. The largest absolute Gasteiger partial charge is 0.381 e. The summed E-state index contributed by atoms with van der Waals surface area (Å²) in [5.74, 6) is 1.60. The van der Waals surface area contributed by atoms with Crippen molar-refractivity contribution >= 4 is 5.69 Å². The van der Waals surface area contributed by atoms with Crippen molar-refractivity contribution in [2.24, 2.45) is 5.73 Å². The molecule has 0 unspecified atom stereocenters. The molecule has 0 amide bonds. The molecule has 0 bridgehead atoms. The maximum Gasteiger partial charge on any atom is 0.131 e. The van der Waals surface area contributed by atoms with Gasteiger partial charge in [-0.25, -0.2) is 9.97 Å². The summed E-state index contributed by atoms with van der Waals surface area (Å²) in [5.41, 5.74) is 6.36. The molecule has 1 saturated carbocycles. The highest BCUT2D eigenvalue weighted by atomic mass is 15.0. The summed E-state index contributed by atoms with van der Waals surface area (Å²) < 4.78 is 0. The molecule has 1 aliphatic rings. The first-order valence-corrected chi connectivity index (χ1v) is 5.66. The fraction of sp³-hybridized carbons (Fsp3) is 0.636. The molecular weight excluding hydrogens is 188 g/mol. The maximum atomic E-state index is 5.40. The molecular formula is C11H18N4. The second-order valence-electron chi connectivity index (χ2n) is 4.03. The first-order valence-electron chi connectivity index (χ1n) is 5.66. The molecule has 1 aromatic rings. The second-order valence-corrected chi connectivity index (χ2v) is 4.03. The van der Waals surface area contributed by atoms with Gasteiger partial charge in [-0.05, 0) is 12.8 Å². The van der Waals surface area contributed by atoms with E-state index < -0.39 is 0 Å². The van der Waals surface area contributed by atoms with Crippen molar-refractivity contribution in [3.8, 4) is 0 Å². The molecule has 0 atom stereocenters. The van der Waals surface area contributed by atoms with Crippen molar-refractivity contribution in [2.45, 2.75) is 31.6 Å². The third kappa shape index (κ3) is 2.65. The van der Waals surface area contributed by atoms with Gasteiger partial charge in [-0.2, -0.15) is 0 Å². The lowest BCUT2D eigenvalue weighted by Gasteiger charge is -2.08. The van der Waals surface area contributed by atoms with Crippen LogP contribution in [0.2, 0.25) is 0 Å². The van der Waals surface area contributed by atoms with Crippen molar-refractivity contribution in [1.82, 2.24) is 9.97 Å². The highest BCUT2D eigenvalue weighted by molar-refractivity contribution is 5.37. The van der Waals surface area contributed by atoms with E-state index in [2.05, 4.69) is 15.3 Å². The van der Waals surface area contributed by atoms with E-state index in [9.17, 15) is 0 Å². The zero-order chi connectivity index (χ0) is 10.5. The number of hydrogen-bond acceptors (Lipinski definition) is 4. The van der Waals surface area contributed by atoms with Crippen LogP contribution in [0.3, 0.4) is 0 Å². The van der Waals surface area contributed by atoms with Crippen LogP contribution in [0.25, 0.3) is 0 Å². The third-order valence-electron chi connectivity index (χ3n) is 2.87. The highest BCUT2D eigenvalue weighted by Crippen LogP contribution is 2.31. The van der Waals surface area contributed by atoms with Gasteiger partial charge in [0.1, 0.15) is 5.82 Å². The number of nitrogens with two attached hydrogens (primary N) is 1. The molecule has 15 heavy (non-hydrogen) atoms. The Morgan fingerprint density at radius 2 is 1.93 bits per heavy atom. The van der Waals surface area contributed by atoms with Crippen LogP contribution in [-0.2, 0) is 0 Å². The second kappa shape index (κ2) is 5.07. The summed E-state index contributed by atoms with van der Waals surface area (Å²) in [7, 11) is 0. The van der Waals surface area contributed by atoms with Gasteiger partial charge in [0.15, 0.2) is 0 Å². The summed E-state index contributed by atoms with van der Waals surface area (Å²) in [5, 5.41) is 3.16. The summed E-state index contributed by atoms with van der Waals surface area (Å²) in [6.07, 6.45) is 8.85. The molecule has 0 aliphatic heterocycles. The van der Waals surface area contributed by atoms with Crippen LogP contribution < -0.4 is 11.1 Å². The quantitative estimate of drug-likeness (QED) is 0.783. The zero-order valence-electron chi connectivity index (χ0n) is 8.95. The number of rotatable bonds is 4. The summed E-state index contributed by atoms with van der Waals surface area (Å²) in [4.78, 5) is 8.80. The molecule has 0 saturated heterocycles. The highest BCUT2D eigenvalue weighted by Gasteiger charge is 2.19. The Bertz CT molecular complexity index is 290. The number of aromatic nitrogens is 2. The molecule has 1 aromatic heterocycles. The van der Waals surface area contributed by atoms with E-state index in [0.717, 1.165) is 18.1 Å². The molecule has 1 heterocycles. The summed E-state index contributed by atoms with van der Waals surface area (Å²) in [6.45, 7) is 1.40. The van der Waals surface area contributed by atoms with E-state index in [-0.39, 0.29) is 0 Å². The molecule has 0 radical (unpaired) electrons. The number of anilines is 1. The fourth-order valence-electron chi connectivity index (χ4n) is 2.04. The van der Waals surface area contributed by atoms with Crippen molar-refractivity contribution in [3.05, 3.63) is 18.2 Å². The third-order valence-corrected chi connectivity index (χ3v) is 2.87. The predicted molar refractivity (Wildman–Crippen MR) is 60.8 cm³/mol. The molecule has 3 N–H and O–H groups in total. The fourth-order valence-corrected chi connectivity index (χ4v) is 2.04. The van der Waals surface area contributed by atoms with E-state index in [1.54, 1.807) is 0 Å². The Morgan fingerprint density at radius 3 is 2.53 bits per heavy atom. The first-order chi connectivity index (χ1) is 7.40. The minimum Gasteiger partial charge on any atom is -0.381 e. The topological polar surface area (TPSA) is 63.8 Å². The Balaban J connectivity index is 1.96. The minimum absolute atomic E-state index is 0.591. The van der Waals surface area contributed by atoms with Crippen LogP contribution in [0.4, 0.5) is 5.69 Å². The van der Waals surface area contributed by atoms with Gasteiger partial charge in [0.2, 0.25) is 0 Å². The normalized spacial score (nSPS) is 16.9. The lowest BCUT2D eigenvalue weighted by molar-refractivity contribution is 0.668. The van der Waals surface area contributed by atoms with Gasteiger partial charge in [0, 0.05) is 19.0 Å². The van der Waals surface area contributed by atoms with E-state index in [0.29, 0.717) is 12.5 Å². The monoisotopic (exact) mass is 206 g/mol. The van der Waals surface area contributed by atoms with Crippen LogP contribution in [0.5, 0.6) is 0 Å². The average Bonchev–Trinajstić information content (AvgIpc) is 2.80. The SMILES string of the molecule is NCCNc1cnc(C2CCCC2)nc1. The van der Waals surface area contributed by atoms with E-state index >= 15 is 0 Å². The lowest BCUT2D eigenvalue weighted by atomic mass is 10.1. The molecule has 1 fully saturated rings. The standard InChI is InChI=1S/C11H18N4/c12-5-6-13-10-7-14-11(15-8-10)9-3-1-2-4-9/h7-9,13H,1-6,12H2. The molecule has 0 spiro atoms. The van der Waals surface area contributed by atoms with Gasteiger partial charge in [-0.3, -0.25) is 0 Å². The first kappa shape index (κ1) is 10.4. The van der Waals surface area contributed by atoms with Gasteiger partial charge >= 0.3 is 0 Å². The average molecular weight is 206 g/mol. The Labute approximate surface area is 90.3 Å². The van der Waals surface area contributed by atoms with Crippen molar-refractivity contribution in [2.75, 3.05) is 18.4 Å². The molecule has 82 valence electrons. The maximum absolute atomic E-state index is 5.40. The van der Waals surface area contributed by atoms with Crippen LogP contribution in [0.15, 0.2) is 12.4 Å². The Morgan fingerprint density at radius 1 is 1.27 bits per heavy atom. The zero-order valence-corrected chi connectivity index (χ0v) is 8.95. The summed E-state index contributed by atoms with van der Waals surface area (Å²) in [6, 6.07) is 0. The molecule has 1 aliphatic carbocycles. The smallest absolute Gasteiger partial charge is 0.131 e. The van der Waals surface area contributed by atoms with Gasteiger partial charge in [0.05, 0.1) is 18.1 Å². The van der Waals surface area contributed by atoms with E-state index in [1.165, 1.54) is 25.7 Å². The molecule has 2 rings (SSSR count). The minimum atomic E-state index is 0.591. The van der Waals surface area contributed by atoms with E-state index in [4.69, 9.17) is 5.73 Å². The van der Waals surface area contributed by atoms with Gasteiger partial charge in [0.25, 0.3) is 0 Å².